The number of benzene rings is 1. The molecular formula is C16H24N6O2S. The minimum absolute atomic E-state index is 0.0313. The molecular weight excluding hydrogens is 340 g/mol. The Labute approximate surface area is 147 Å². The molecule has 0 saturated heterocycles. The van der Waals surface area contributed by atoms with Gasteiger partial charge in [-0.3, -0.25) is 4.90 Å². The van der Waals surface area contributed by atoms with Crippen molar-refractivity contribution in [3.05, 3.63) is 23.3 Å². The number of rotatable bonds is 2. The van der Waals surface area contributed by atoms with E-state index in [1.165, 1.54) is 0 Å². The Morgan fingerprint density at radius 3 is 2.36 bits per heavy atom. The van der Waals surface area contributed by atoms with Crippen LogP contribution in [0.15, 0.2) is 27.0 Å². The normalized spacial score (nSPS) is 20.4. The van der Waals surface area contributed by atoms with Crippen molar-refractivity contribution in [1.29, 1.82) is 0 Å². The van der Waals surface area contributed by atoms with Gasteiger partial charge in [0.15, 0.2) is 0 Å². The quantitative estimate of drug-likeness (QED) is 0.719. The largest absolute Gasteiger partial charge is 0.369 e. The van der Waals surface area contributed by atoms with Crippen LogP contribution in [0.4, 0.5) is 5.69 Å². The zero-order valence-electron chi connectivity index (χ0n) is 14.5. The van der Waals surface area contributed by atoms with Crippen LogP contribution in [-0.2, 0) is 10.0 Å². The monoisotopic (exact) mass is 364 g/mol. The molecule has 9 heteroatoms. The Morgan fingerprint density at radius 1 is 1.12 bits per heavy atom. The van der Waals surface area contributed by atoms with Crippen LogP contribution in [0.25, 0.3) is 0 Å². The van der Waals surface area contributed by atoms with Gasteiger partial charge in [0, 0.05) is 0 Å². The van der Waals surface area contributed by atoms with Gasteiger partial charge in [0.25, 0.3) is 0 Å². The lowest BCUT2D eigenvalue weighted by Crippen LogP contribution is -2.58. The first kappa shape index (κ1) is 17.7. The molecule has 25 heavy (non-hydrogen) atoms. The molecule has 8 nitrogen and oxygen atoms in total. The molecule has 0 atom stereocenters. The molecule has 1 aromatic rings. The van der Waals surface area contributed by atoms with Crippen LogP contribution in [0.2, 0.25) is 0 Å². The summed E-state index contributed by atoms with van der Waals surface area (Å²) in [5, 5.41) is 5.50. The van der Waals surface area contributed by atoms with Gasteiger partial charge in [-0.25, -0.2) is 18.5 Å². The number of primary sulfonamides is 1. The SMILES string of the molecule is Cc1cc(C)c(N2C(N)=NC(N)=NC23CCCCC3)c(S(N)(=O)=O)c1. The van der Waals surface area contributed by atoms with Crippen LogP contribution in [-0.4, -0.2) is 26.0 Å². The van der Waals surface area contributed by atoms with Crippen LogP contribution in [0, 0.1) is 13.8 Å². The molecule has 1 saturated carbocycles. The maximum absolute atomic E-state index is 12.3. The van der Waals surface area contributed by atoms with Crippen LogP contribution < -0.4 is 21.5 Å². The van der Waals surface area contributed by atoms with E-state index in [0.29, 0.717) is 5.69 Å². The number of nitrogens with two attached hydrogens (primary N) is 3. The molecule has 1 heterocycles. The minimum atomic E-state index is -3.95. The summed E-state index contributed by atoms with van der Waals surface area (Å²) in [6, 6.07) is 3.46. The van der Waals surface area contributed by atoms with Gasteiger partial charge in [0.1, 0.15) is 10.6 Å². The van der Waals surface area contributed by atoms with Crippen molar-refractivity contribution in [3.8, 4) is 0 Å². The molecule has 0 amide bonds. The van der Waals surface area contributed by atoms with E-state index in [9.17, 15) is 8.42 Å². The Balaban J connectivity index is 2.29. The highest BCUT2D eigenvalue weighted by Crippen LogP contribution is 2.42. The van der Waals surface area contributed by atoms with Crippen molar-refractivity contribution in [3.63, 3.8) is 0 Å². The second kappa shape index (κ2) is 5.99. The number of hydrogen-bond acceptors (Lipinski definition) is 7. The Bertz CT molecular complexity index is 869. The number of nitrogens with zero attached hydrogens (tertiary/aromatic N) is 3. The van der Waals surface area contributed by atoms with Crippen molar-refractivity contribution in [1.82, 2.24) is 0 Å². The van der Waals surface area contributed by atoms with Gasteiger partial charge >= 0.3 is 0 Å². The van der Waals surface area contributed by atoms with E-state index in [1.807, 2.05) is 19.9 Å². The minimum Gasteiger partial charge on any atom is -0.369 e. The lowest BCUT2D eigenvalue weighted by atomic mass is 9.87. The molecule has 0 aromatic heterocycles. The lowest BCUT2D eigenvalue weighted by molar-refractivity contribution is 0.304. The highest BCUT2D eigenvalue weighted by Gasteiger charge is 2.44. The summed E-state index contributed by atoms with van der Waals surface area (Å²) >= 11 is 0. The summed E-state index contributed by atoms with van der Waals surface area (Å²) < 4.78 is 24.5. The highest BCUT2D eigenvalue weighted by atomic mass is 32.2. The van der Waals surface area contributed by atoms with Crippen LogP contribution in [0.1, 0.15) is 43.2 Å². The summed E-state index contributed by atoms with van der Waals surface area (Å²) in [7, 11) is -3.95. The fourth-order valence-corrected chi connectivity index (χ4v) is 4.74. The molecule has 0 radical (unpaired) electrons. The van der Waals surface area contributed by atoms with Gasteiger partial charge in [0.05, 0.1) is 5.69 Å². The molecule has 6 N–H and O–H groups in total. The average Bonchev–Trinajstić information content (AvgIpc) is 2.48. The summed E-state index contributed by atoms with van der Waals surface area (Å²) in [5.41, 5.74) is 13.4. The number of sulfonamides is 1. The zero-order chi connectivity index (χ0) is 18.4. The number of aliphatic imine (C=N–C) groups is 2. The number of guanidine groups is 2. The Kier molecular flexibility index (Phi) is 4.24. The maximum atomic E-state index is 12.3. The number of anilines is 1. The molecule has 3 rings (SSSR count). The third-order valence-corrected chi connectivity index (χ3v) is 5.72. The molecule has 1 aromatic carbocycles. The van der Waals surface area contributed by atoms with E-state index in [0.717, 1.165) is 43.2 Å². The second-order valence-corrected chi connectivity index (χ2v) is 8.32. The fourth-order valence-electron chi connectivity index (χ4n) is 3.87. The topological polar surface area (TPSA) is 140 Å². The lowest BCUT2D eigenvalue weighted by Gasteiger charge is -2.46. The van der Waals surface area contributed by atoms with Gasteiger partial charge in [-0.1, -0.05) is 12.5 Å². The predicted molar refractivity (Wildman–Crippen MR) is 98.8 cm³/mol. The average molecular weight is 364 g/mol. The van der Waals surface area contributed by atoms with Gasteiger partial charge < -0.3 is 11.5 Å². The van der Waals surface area contributed by atoms with Gasteiger partial charge in [-0.2, -0.15) is 4.99 Å². The first-order chi connectivity index (χ1) is 11.6. The third-order valence-electron chi connectivity index (χ3n) is 4.79. The maximum Gasteiger partial charge on any atom is 0.240 e. The zero-order valence-corrected chi connectivity index (χ0v) is 15.3. The smallest absolute Gasteiger partial charge is 0.240 e. The van der Waals surface area contributed by atoms with E-state index in [1.54, 1.807) is 11.0 Å². The van der Waals surface area contributed by atoms with Crippen LogP contribution >= 0.6 is 0 Å². The van der Waals surface area contributed by atoms with Crippen molar-refractivity contribution in [2.24, 2.45) is 26.6 Å². The molecule has 0 bridgehead atoms. The fraction of sp³-hybridized carbons (Fsp3) is 0.500. The van der Waals surface area contributed by atoms with Crippen molar-refractivity contribution < 1.29 is 8.42 Å². The van der Waals surface area contributed by atoms with Gasteiger partial charge in [0.2, 0.25) is 21.9 Å². The van der Waals surface area contributed by atoms with E-state index < -0.39 is 15.7 Å². The molecule has 1 aliphatic carbocycles. The summed E-state index contributed by atoms with van der Waals surface area (Å²) in [5.74, 6) is 0.267. The third kappa shape index (κ3) is 3.09. The van der Waals surface area contributed by atoms with E-state index in [-0.39, 0.29) is 16.8 Å². The number of aryl methyl sites for hydroxylation is 2. The van der Waals surface area contributed by atoms with E-state index in [2.05, 4.69) is 9.98 Å². The standard InChI is InChI=1S/C16H24N6O2S/c1-10-8-11(2)13(12(9-10)25(19,23)24)22-15(18)20-14(17)21-16(22)6-4-3-5-7-16/h8-9H,3-7H2,1-2H3,(H2,19,23,24)(H4,17,18,20,21). The molecule has 1 aliphatic heterocycles. The molecule has 1 spiro atoms. The van der Waals surface area contributed by atoms with Crippen LogP contribution in [0.5, 0.6) is 0 Å². The van der Waals surface area contributed by atoms with Crippen molar-refractivity contribution >= 4 is 27.6 Å². The van der Waals surface area contributed by atoms with E-state index in [4.69, 9.17) is 16.6 Å². The van der Waals surface area contributed by atoms with Crippen LogP contribution in [0.3, 0.4) is 0 Å². The molecule has 0 unspecified atom stereocenters. The Morgan fingerprint density at radius 2 is 1.76 bits per heavy atom. The highest BCUT2D eigenvalue weighted by molar-refractivity contribution is 7.89. The molecule has 136 valence electrons. The number of hydrogen-bond donors (Lipinski definition) is 3. The van der Waals surface area contributed by atoms with E-state index >= 15 is 0 Å². The summed E-state index contributed by atoms with van der Waals surface area (Å²) in [4.78, 5) is 10.4. The van der Waals surface area contributed by atoms with Crippen molar-refractivity contribution in [2.45, 2.75) is 56.5 Å². The first-order valence-electron chi connectivity index (χ1n) is 8.28. The second-order valence-electron chi connectivity index (χ2n) is 6.79. The summed E-state index contributed by atoms with van der Waals surface area (Å²) in [6.07, 6.45) is 4.45. The predicted octanol–water partition coefficient (Wildman–Crippen LogP) is 1.06. The Hall–Kier alpha value is -2.13. The van der Waals surface area contributed by atoms with Gasteiger partial charge in [-0.15, -0.1) is 0 Å². The first-order valence-corrected chi connectivity index (χ1v) is 9.82. The van der Waals surface area contributed by atoms with Crippen molar-refractivity contribution in [2.75, 3.05) is 4.90 Å². The molecule has 1 fully saturated rings. The summed E-state index contributed by atoms with van der Waals surface area (Å²) in [6.45, 7) is 3.66. The molecule has 2 aliphatic rings. The van der Waals surface area contributed by atoms with Gasteiger partial charge in [-0.05, 0) is 56.7 Å².